The molecule has 0 rings (SSSR count). The number of carbonyl (C=O) groups excluding carboxylic acids is 3. The zero-order valence-electron chi connectivity index (χ0n) is 8.72. The van der Waals surface area contributed by atoms with Crippen molar-refractivity contribution >= 4 is 17.5 Å². The molecular formula is C9H16N2O3. The summed E-state index contributed by atoms with van der Waals surface area (Å²) in [6.07, 6.45) is 0.447. The number of ketones is 2. The quantitative estimate of drug-likeness (QED) is 0.554. The maximum Gasteiger partial charge on any atom is 0.287 e. The van der Waals surface area contributed by atoms with Crippen LogP contribution < -0.4 is 10.6 Å². The van der Waals surface area contributed by atoms with Gasteiger partial charge in [0.15, 0.2) is 0 Å². The summed E-state index contributed by atoms with van der Waals surface area (Å²) in [5, 5.41) is 5.02. The van der Waals surface area contributed by atoms with Gasteiger partial charge in [-0.15, -0.1) is 0 Å². The molecule has 0 aliphatic carbocycles. The lowest BCUT2D eigenvalue weighted by Gasteiger charge is -2.10. The van der Waals surface area contributed by atoms with Crippen LogP contribution in [0.25, 0.3) is 0 Å². The minimum Gasteiger partial charge on any atom is -0.353 e. The van der Waals surface area contributed by atoms with Crippen LogP contribution in [-0.2, 0) is 14.4 Å². The van der Waals surface area contributed by atoms with Crippen LogP contribution in [0.3, 0.4) is 0 Å². The van der Waals surface area contributed by atoms with E-state index in [0.29, 0.717) is 6.42 Å². The number of amides is 1. The van der Waals surface area contributed by atoms with Crippen molar-refractivity contribution in [1.29, 1.82) is 0 Å². The molecule has 5 nitrogen and oxygen atoms in total. The largest absolute Gasteiger partial charge is 0.353 e. The van der Waals surface area contributed by atoms with E-state index in [1.165, 1.54) is 14.0 Å². The Kier molecular flexibility index (Phi) is 5.71. The van der Waals surface area contributed by atoms with Crippen LogP contribution in [0, 0.1) is 0 Å². The smallest absolute Gasteiger partial charge is 0.287 e. The molecule has 1 atom stereocenters. The van der Waals surface area contributed by atoms with E-state index in [1.807, 2.05) is 0 Å². The lowest BCUT2D eigenvalue weighted by Crippen LogP contribution is -2.34. The number of carbonyl (C=O) groups is 3. The average Bonchev–Trinajstić information content (AvgIpc) is 2.16. The van der Waals surface area contributed by atoms with Crippen molar-refractivity contribution < 1.29 is 14.4 Å². The zero-order chi connectivity index (χ0) is 11.1. The molecule has 0 spiro atoms. The van der Waals surface area contributed by atoms with Gasteiger partial charge in [-0.1, -0.05) is 0 Å². The van der Waals surface area contributed by atoms with Gasteiger partial charge in [-0.2, -0.15) is 0 Å². The second kappa shape index (κ2) is 6.26. The summed E-state index contributed by atoms with van der Waals surface area (Å²) in [7, 11) is 3.05. The first-order valence-electron chi connectivity index (χ1n) is 4.45. The summed E-state index contributed by atoms with van der Waals surface area (Å²) in [5.41, 5.74) is 0. The number of hydrogen-bond acceptors (Lipinski definition) is 4. The van der Waals surface area contributed by atoms with Crippen LogP contribution in [0.2, 0.25) is 0 Å². The van der Waals surface area contributed by atoms with E-state index in [-0.39, 0.29) is 18.2 Å². The summed E-state index contributed by atoms with van der Waals surface area (Å²) >= 11 is 0. The van der Waals surface area contributed by atoms with Crippen LogP contribution in [0.4, 0.5) is 0 Å². The maximum absolute atomic E-state index is 11.1. The van der Waals surface area contributed by atoms with Gasteiger partial charge in [-0.25, -0.2) is 0 Å². The molecule has 0 saturated carbocycles. The Morgan fingerprint density at radius 3 is 2.14 bits per heavy atom. The molecule has 0 aromatic heterocycles. The van der Waals surface area contributed by atoms with Crippen molar-refractivity contribution in [2.24, 2.45) is 0 Å². The fourth-order valence-electron chi connectivity index (χ4n) is 1.08. The molecule has 0 aromatic carbocycles. The van der Waals surface area contributed by atoms with Gasteiger partial charge >= 0.3 is 0 Å². The minimum atomic E-state index is -0.608. The van der Waals surface area contributed by atoms with Gasteiger partial charge in [0.1, 0.15) is 5.78 Å². The molecule has 0 aliphatic heterocycles. The van der Waals surface area contributed by atoms with Gasteiger partial charge in [0.05, 0.1) is 6.04 Å². The summed E-state index contributed by atoms with van der Waals surface area (Å²) in [4.78, 5) is 32.8. The number of nitrogens with one attached hydrogen (secondary N) is 2. The van der Waals surface area contributed by atoms with Crippen molar-refractivity contribution in [2.45, 2.75) is 25.8 Å². The molecule has 0 bridgehead atoms. The van der Waals surface area contributed by atoms with Gasteiger partial charge in [0, 0.05) is 13.5 Å². The van der Waals surface area contributed by atoms with Crippen LogP contribution in [0.1, 0.15) is 19.8 Å². The van der Waals surface area contributed by atoms with Crippen molar-refractivity contribution in [3.05, 3.63) is 0 Å². The summed E-state index contributed by atoms with van der Waals surface area (Å²) < 4.78 is 0. The van der Waals surface area contributed by atoms with Crippen molar-refractivity contribution in [3.8, 4) is 0 Å². The number of rotatable bonds is 6. The SMILES string of the molecule is CNC(=O)C(=O)CC[C@H](NC)C(C)=O. The predicted octanol–water partition coefficient (Wildman–Crippen LogP) is -0.741. The normalized spacial score (nSPS) is 11.9. The molecular weight excluding hydrogens is 184 g/mol. The van der Waals surface area contributed by atoms with Gasteiger partial charge < -0.3 is 10.6 Å². The number of Topliss-reactive ketones (excluding diaryl/α,β-unsaturated/α-hetero) is 2. The van der Waals surface area contributed by atoms with Crippen LogP contribution in [0.5, 0.6) is 0 Å². The molecule has 5 heteroatoms. The van der Waals surface area contributed by atoms with Crippen LogP contribution in [0.15, 0.2) is 0 Å². The van der Waals surface area contributed by atoms with E-state index in [9.17, 15) is 14.4 Å². The Morgan fingerprint density at radius 1 is 1.21 bits per heavy atom. The lowest BCUT2D eigenvalue weighted by atomic mass is 10.1. The lowest BCUT2D eigenvalue weighted by molar-refractivity contribution is -0.137. The van der Waals surface area contributed by atoms with Crippen molar-refractivity contribution in [1.82, 2.24) is 10.6 Å². The average molecular weight is 200 g/mol. The van der Waals surface area contributed by atoms with E-state index in [4.69, 9.17) is 0 Å². The van der Waals surface area contributed by atoms with Crippen LogP contribution >= 0.6 is 0 Å². The first-order valence-corrected chi connectivity index (χ1v) is 4.45. The van der Waals surface area contributed by atoms with Gasteiger partial charge in [0.2, 0.25) is 5.78 Å². The van der Waals surface area contributed by atoms with E-state index < -0.39 is 11.7 Å². The minimum absolute atomic E-state index is 0.0304. The zero-order valence-corrected chi connectivity index (χ0v) is 8.72. The van der Waals surface area contributed by atoms with Gasteiger partial charge in [-0.3, -0.25) is 14.4 Å². The summed E-state index contributed by atoms with van der Waals surface area (Å²) in [5.74, 6) is -1.13. The Balaban J connectivity index is 3.98. The molecule has 1 amide bonds. The highest BCUT2D eigenvalue weighted by Gasteiger charge is 2.16. The number of hydrogen-bond donors (Lipinski definition) is 2. The highest BCUT2D eigenvalue weighted by Crippen LogP contribution is 1.99. The highest BCUT2D eigenvalue weighted by molar-refractivity contribution is 6.36. The topological polar surface area (TPSA) is 75.3 Å². The Morgan fingerprint density at radius 2 is 1.79 bits per heavy atom. The molecule has 2 N–H and O–H groups in total. The Hall–Kier alpha value is -1.23. The van der Waals surface area contributed by atoms with E-state index in [1.54, 1.807) is 7.05 Å². The monoisotopic (exact) mass is 200 g/mol. The van der Waals surface area contributed by atoms with Gasteiger partial charge in [-0.05, 0) is 20.4 Å². The van der Waals surface area contributed by atoms with Crippen LogP contribution in [-0.4, -0.2) is 37.6 Å². The summed E-state index contributed by atoms with van der Waals surface area (Å²) in [6.45, 7) is 1.45. The molecule has 0 heterocycles. The molecule has 0 radical (unpaired) electrons. The predicted molar refractivity (Wildman–Crippen MR) is 51.8 cm³/mol. The van der Waals surface area contributed by atoms with Crippen molar-refractivity contribution in [2.75, 3.05) is 14.1 Å². The molecule has 0 unspecified atom stereocenters. The number of likely N-dealkylation sites (N-methyl/N-ethyl adjacent to an activating group) is 2. The summed E-state index contributed by atoms with van der Waals surface area (Å²) in [6, 6.07) is -0.344. The van der Waals surface area contributed by atoms with E-state index in [2.05, 4.69) is 10.6 Å². The molecule has 0 fully saturated rings. The third-order valence-corrected chi connectivity index (χ3v) is 1.98. The third-order valence-electron chi connectivity index (χ3n) is 1.98. The Bertz CT molecular complexity index is 238. The Labute approximate surface area is 83.2 Å². The van der Waals surface area contributed by atoms with Gasteiger partial charge in [0.25, 0.3) is 5.91 Å². The third kappa shape index (κ3) is 4.13. The fraction of sp³-hybridized carbons (Fsp3) is 0.667. The van der Waals surface area contributed by atoms with E-state index in [0.717, 1.165) is 0 Å². The highest BCUT2D eigenvalue weighted by atomic mass is 16.2. The van der Waals surface area contributed by atoms with Crippen molar-refractivity contribution in [3.63, 3.8) is 0 Å². The second-order valence-corrected chi connectivity index (χ2v) is 2.99. The molecule has 0 saturated heterocycles. The molecule has 0 aliphatic rings. The fourth-order valence-corrected chi connectivity index (χ4v) is 1.08. The molecule has 80 valence electrons. The standard InChI is InChI=1S/C9H16N2O3/c1-6(12)7(10-2)4-5-8(13)9(14)11-3/h7,10H,4-5H2,1-3H3,(H,11,14)/t7-/m0/s1. The van der Waals surface area contributed by atoms with E-state index >= 15 is 0 Å². The second-order valence-electron chi connectivity index (χ2n) is 2.99. The first-order chi connectivity index (χ1) is 6.52. The molecule has 14 heavy (non-hydrogen) atoms. The first kappa shape index (κ1) is 12.8. The maximum atomic E-state index is 11.1. The molecule has 0 aromatic rings.